The third kappa shape index (κ3) is 3.65. The predicted octanol–water partition coefficient (Wildman–Crippen LogP) is 2.82. The predicted molar refractivity (Wildman–Crippen MR) is 108 cm³/mol. The van der Waals surface area contributed by atoms with Crippen LogP contribution in [0, 0.1) is 20.8 Å². The summed E-state index contributed by atoms with van der Waals surface area (Å²) in [5, 5.41) is 2.79. The Morgan fingerprint density at radius 1 is 1.29 bits per heavy atom. The number of methoxy groups -OCH3 is 1. The van der Waals surface area contributed by atoms with E-state index in [0.717, 1.165) is 33.8 Å². The van der Waals surface area contributed by atoms with Gasteiger partial charge in [-0.2, -0.15) is 0 Å². The number of carbonyl (C=O) groups excluding carboxylic acids is 2. The zero-order valence-electron chi connectivity index (χ0n) is 17.0. The lowest BCUT2D eigenvalue weighted by molar-refractivity contribution is 0.0783. The highest BCUT2D eigenvalue weighted by atomic mass is 16.5. The normalized spacial score (nSPS) is 13.5. The third-order valence-corrected chi connectivity index (χ3v) is 5.07. The molecule has 3 amide bonds. The molecule has 3 rings (SSSR count). The standard InChI is InChI=1S/C21H26N4O3/c1-13-10-16(6-7-18(13)25-9-8-22-21(25)27)20(26)24(4)12-17-15(3)19(28-5)14(2)11-23-17/h6-7,10-11H,8-9,12H2,1-5H3,(H,22,27). The molecule has 2 heterocycles. The summed E-state index contributed by atoms with van der Waals surface area (Å²) in [6.45, 7) is 7.46. The number of amides is 3. The van der Waals surface area contributed by atoms with Gasteiger partial charge in [0.05, 0.1) is 19.3 Å². The summed E-state index contributed by atoms with van der Waals surface area (Å²) >= 11 is 0. The molecule has 0 unspecified atom stereocenters. The molecule has 1 saturated heterocycles. The van der Waals surface area contributed by atoms with E-state index >= 15 is 0 Å². The van der Waals surface area contributed by atoms with Crippen LogP contribution in [0.1, 0.15) is 32.7 Å². The van der Waals surface area contributed by atoms with Gasteiger partial charge in [-0.15, -0.1) is 0 Å². The van der Waals surface area contributed by atoms with Gasteiger partial charge >= 0.3 is 6.03 Å². The minimum Gasteiger partial charge on any atom is -0.496 e. The first-order chi connectivity index (χ1) is 13.3. The number of ether oxygens (including phenoxy) is 1. The van der Waals surface area contributed by atoms with Crippen LogP contribution >= 0.6 is 0 Å². The average Bonchev–Trinajstić information content (AvgIpc) is 3.09. The van der Waals surface area contributed by atoms with Crippen molar-refractivity contribution in [3.63, 3.8) is 0 Å². The maximum Gasteiger partial charge on any atom is 0.322 e. The molecule has 1 fully saturated rings. The van der Waals surface area contributed by atoms with E-state index < -0.39 is 0 Å². The molecule has 1 aliphatic rings. The van der Waals surface area contributed by atoms with Crippen LogP contribution in [0.25, 0.3) is 0 Å². The Morgan fingerprint density at radius 3 is 2.64 bits per heavy atom. The molecule has 0 atom stereocenters. The van der Waals surface area contributed by atoms with E-state index in [2.05, 4.69) is 10.3 Å². The van der Waals surface area contributed by atoms with Crippen LogP contribution in [-0.2, 0) is 6.54 Å². The monoisotopic (exact) mass is 382 g/mol. The van der Waals surface area contributed by atoms with Crippen molar-refractivity contribution in [2.45, 2.75) is 27.3 Å². The maximum atomic E-state index is 12.9. The summed E-state index contributed by atoms with van der Waals surface area (Å²) in [6, 6.07) is 5.33. The van der Waals surface area contributed by atoms with E-state index in [0.29, 0.717) is 25.2 Å². The molecular weight excluding hydrogens is 356 g/mol. The minimum atomic E-state index is -0.103. The molecule has 1 aromatic carbocycles. The molecule has 7 nitrogen and oxygen atoms in total. The zero-order chi connectivity index (χ0) is 20.4. The van der Waals surface area contributed by atoms with E-state index in [-0.39, 0.29) is 11.9 Å². The van der Waals surface area contributed by atoms with Crippen LogP contribution in [-0.4, -0.2) is 49.1 Å². The Bertz CT molecular complexity index is 926. The summed E-state index contributed by atoms with van der Waals surface area (Å²) in [6.07, 6.45) is 1.76. The lowest BCUT2D eigenvalue weighted by Gasteiger charge is -2.21. The van der Waals surface area contributed by atoms with Crippen molar-refractivity contribution in [3.05, 3.63) is 52.3 Å². The van der Waals surface area contributed by atoms with Crippen LogP contribution in [0.15, 0.2) is 24.4 Å². The second-order valence-electron chi connectivity index (χ2n) is 7.09. The Hall–Kier alpha value is -3.09. The third-order valence-electron chi connectivity index (χ3n) is 5.07. The van der Waals surface area contributed by atoms with Crippen LogP contribution in [0.5, 0.6) is 5.75 Å². The Morgan fingerprint density at radius 2 is 2.04 bits per heavy atom. The van der Waals surface area contributed by atoms with E-state index in [1.807, 2.05) is 32.9 Å². The summed E-state index contributed by atoms with van der Waals surface area (Å²) in [5.41, 5.74) is 5.02. The van der Waals surface area contributed by atoms with E-state index in [1.54, 1.807) is 36.2 Å². The number of aromatic nitrogens is 1. The molecule has 1 N–H and O–H groups in total. The van der Waals surface area contributed by atoms with Gasteiger partial charge in [-0.1, -0.05) is 0 Å². The first-order valence-electron chi connectivity index (χ1n) is 9.24. The zero-order valence-corrected chi connectivity index (χ0v) is 17.0. The van der Waals surface area contributed by atoms with E-state index in [9.17, 15) is 9.59 Å². The lowest BCUT2D eigenvalue weighted by atomic mass is 10.1. The van der Waals surface area contributed by atoms with Gasteiger partial charge in [-0.25, -0.2) is 4.79 Å². The molecule has 1 aromatic heterocycles. The number of aryl methyl sites for hydroxylation is 2. The molecule has 1 aliphatic heterocycles. The summed E-state index contributed by atoms with van der Waals surface area (Å²) < 4.78 is 5.45. The fourth-order valence-corrected chi connectivity index (χ4v) is 3.54. The van der Waals surface area contributed by atoms with Gasteiger partial charge in [0.1, 0.15) is 5.75 Å². The molecule has 148 valence electrons. The van der Waals surface area contributed by atoms with Crippen LogP contribution in [0.3, 0.4) is 0 Å². The van der Waals surface area contributed by atoms with Crippen LogP contribution in [0.2, 0.25) is 0 Å². The molecular formula is C21H26N4O3. The highest BCUT2D eigenvalue weighted by Gasteiger charge is 2.23. The fraction of sp³-hybridized carbons (Fsp3) is 0.381. The topological polar surface area (TPSA) is 74.8 Å². The Balaban J connectivity index is 1.78. The number of rotatable bonds is 5. The second-order valence-corrected chi connectivity index (χ2v) is 7.09. The number of nitrogens with one attached hydrogen (secondary N) is 1. The van der Waals surface area contributed by atoms with Gasteiger partial charge in [0.15, 0.2) is 0 Å². The minimum absolute atomic E-state index is 0.0961. The summed E-state index contributed by atoms with van der Waals surface area (Å²) in [4.78, 5) is 32.6. The lowest BCUT2D eigenvalue weighted by Crippen LogP contribution is -2.29. The van der Waals surface area contributed by atoms with Gasteiger partial charge in [0.2, 0.25) is 0 Å². The molecule has 0 aliphatic carbocycles. The highest BCUT2D eigenvalue weighted by Crippen LogP contribution is 2.26. The smallest absolute Gasteiger partial charge is 0.322 e. The van der Waals surface area contributed by atoms with Gasteiger partial charge in [-0.05, 0) is 44.5 Å². The Kier molecular flexibility index (Phi) is 5.53. The quantitative estimate of drug-likeness (QED) is 0.863. The van der Waals surface area contributed by atoms with E-state index in [1.165, 1.54) is 0 Å². The van der Waals surface area contributed by atoms with Gasteiger partial charge in [0, 0.05) is 48.7 Å². The van der Waals surface area contributed by atoms with Gasteiger partial charge < -0.3 is 15.0 Å². The van der Waals surface area contributed by atoms with Crippen molar-refractivity contribution in [3.8, 4) is 5.75 Å². The average molecular weight is 382 g/mol. The van der Waals surface area contributed by atoms with Crippen LogP contribution < -0.4 is 15.0 Å². The van der Waals surface area contributed by atoms with Crippen molar-refractivity contribution >= 4 is 17.6 Å². The number of benzene rings is 1. The number of anilines is 1. The maximum absolute atomic E-state index is 12.9. The number of nitrogens with zero attached hydrogens (tertiary/aromatic N) is 3. The first-order valence-corrected chi connectivity index (χ1v) is 9.24. The number of pyridine rings is 1. The van der Waals surface area contributed by atoms with Crippen molar-refractivity contribution in [1.82, 2.24) is 15.2 Å². The van der Waals surface area contributed by atoms with Crippen molar-refractivity contribution in [2.75, 3.05) is 32.1 Å². The second kappa shape index (κ2) is 7.88. The van der Waals surface area contributed by atoms with Crippen molar-refractivity contribution in [1.29, 1.82) is 0 Å². The first kappa shape index (κ1) is 19.7. The number of hydrogen-bond donors (Lipinski definition) is 1. The van der Waals surface area contributed by atoms with Crippen LogP contribution in [0.4, 0.5) is 10.5 Å². The molecule has 0 radical (unpaired) electrons. The van der Waals surface area contributed by atoms with Crippen molar-refractivity contribution in [2.24, 2.45) is 0 Å². The van der Waals surface area contributed by atoms with Crippen molar-refractivity contribution < 1.29 is 14.3 Å². The summed E-state index contributed by atoms with van der Waals surface area (Å²) in [7, 11) is 3.39. The number of hydrogen-bond acceptors (Lipinski definition) is 4. The van der Waals surface area contributed by atoms with Gasteiger partial charge in [-0.3, -0.25) is 14.7 Å². The summed E-state index contributed by atoms with van der Waals surface area (Å²) in [5.74, 6) is 0.705. The Labute approximate surface area is 165 Å². The van der Waals surface area contributed by atoms with E-state index in [4.69, 9.17) is 4.74 Å². The SMILES string of the molecule is COc1c(C)cnc(CN(C)C(=O)c2ccc(N3CCNC3=O)c(C)c2)c1C. The number of carbonyl (C=O) groups is 2. The molecule has 0 saturated carbocycles. The molecule has 2 aromatic rings. The molecule has 0 spiro atoms. The number of urea groups is 1. The fourth-order valence-electron chi connectivity index (χ4n) is 3.54. The molecule has 28 heavy (non-hydrogen) atoms. The molecule has 0 bridgehead atoms. The van der Waals surface area contributed by atoms with Gasteiger partial charge in [0.25, 0.3) is 5.91 Å². The highest BCUT2D eigenvalue weighted by molar-refractivity contribution is 5.97. The largest absolute Gasteiger partial charge is 0.496 e. The molecule has 7 heteroatoms.